The van der Waals surface area contributed by atoms with Crippen LogP contribution < -0.4 is 4.74 Å². The fourth-order valence-corrected chi connectivity index (χ4v) is 2.10. The van der Waals surface area contributed by atoms with E-state index in [-0.39, 0.29) is 21.9 Å². The molecular weight excluding hydrogens is 279 g/mol. The normalized spacial score (nSPS) is 11.5. The minimum atomic E-state index is -0.550. The molecule has 1 heterocycles. The Hall–Kier alpha value is -2.38. The first-order valence-electron chi connectivity index (χ1n) is 5.72. The number of pyridine rings is 1. The zero-order valence-corrected chi connectivity index (χ0v) is 11.4. The molecule has 2 rings (SSSR count). The van der Waals surface area contributed by atoms with Crippen molar-refractivity contribution >= 4 is 22.2 Å². The number of benzene rings is 1. The van der Waals surface area contributed by atoms with E-state index in [1.54, 1.807) is 24.4 Å². The van der Waals surface area contributed by atoms with E-state index in [9.17, 15) is 9.65 Å². The third-order valence-corrected chi connectivity index (χ3v) is 3.07. The van der Waals surface area contributed by atoms with Gasteiger partial charge in [0.15, 0.2) is 0 Å². The summed E-state index contributed by atoms with van der Waals surface area (Å²) >= 11 is 6.21. The van der Waals surface area contributed by atoms with Crippen molar-refractivity contribution in [1.29, 1.82) is 5.26 Å². The highest BCUT2D eigenvalue weighted by atomic mass is 35.5. The smallest absolute Gasteiger partial charge is 0.135 e. The van der Waals surface area contributed by atoms with Gasteiger partial charge in [0.2, 0.25) is 0 Å². The number of nitriles is 1. The molecule has 2 aromatic rings. The van der Waals surface area contributed by atoms with Crippen LogP contribution in [0.3, 0.4) is 0 Å². The largest absolute Gasteiger partial charge is 0.496 e. The summed E-state index contributed by atoms with van der Waals surface area (Å²) in [4.78, 5) is 3.93. The molecule has 0 radical (unpaired) electrons. The molecule has 1 aromatic carbocycles. The molecule has 0 saturated carbocycles. The standard InChI is InChI=1S/C15H10ClFN2O/c1-20-13-6-2-5-12(17)14(13)15(16)11(8-18)10-4-3-7-19-9-10/h2-7,9H,1H3/b15-11+. The van der Waals surface area contributed by atoms with Crippen LogP contribution in [0.5, 0.6) is 5.75 Å². The van der Waals surface area contributed by atoms with E-state index in [1.165, 1.54) is 25.4 Å². The number of allylic oxidation sites excluding steroid dienone is 1. The lowest BCUT2D eigenvalue weighted by molar-refractivity contribution is 0.410. The van der Waals surface area contributed by atoms with Crippen molar-refractivity contribution < 1.29 is 9.13 Å². The zero-order valence-electron chi connectivity index (χ0n) is 10.6. The zero-order chi connectivity index (χ0) is 14.5. The van der Waals surface area contributed by atoms with E-state index < -0.39 is 5.82 Å². The van der Waals surface area contributed by atoms with Gasteiger partial charge in [-0.1, -0.05) is 23.7 Å². The van der Waals surface area contributed by atoms with E-state index >= 15 is 0 Å². The summed E-state index contributed by atoms with van der Waals surface area (Å²) in [5.41, 5.74) is 0.727. The lowest BCUT2D eigenvalue weighted by atomic mass is 10.0. The van der Waals surface area contributed by atoms with Crippen molar-refractivity contribution in [2.45, 2.75) is 0 Å². The third-order valence-electron chi connectivity index (χ3n) is 2.70. The first kappa shape index (κ1) is 14.0. The van der Waals surface area contributed by atoms with Gasteiger partial charge in [0.1, 0.15) is 17.6 Å². The van der Waals surface area contributed by atoms with Gasteiger partial charge in [0.25, 0.3) is 0 Å². The highest BCUT2D eigenvalue weighted by molar-refractivity contribution is 6.53. The maximum Gasteiger partial charge on any atom is 0.135 e. The van der Waals surface area contributed by atoms with Crippen LogP contribution in [0, 0.1) is 17.1 Å². The molecule has 5 heteroatoms. The van der Waals surface area contributed by atoms with Crippen LogP contribution >= 0.6 is 11.6 Å². The van der Waals surface area contributed by atoms with Crippen LogP contribution in [-0.2, 0) is 0 Å². The lowest BCUT2D eigenvalue weighted by Gasteiger charge is -2.10. The molecule has 0 unspecified atom stereocenters. The summed E-state index contributed by atoms with van der Waals surface area (Å²) in [6, 6.07) is 9.70. The van der Waals surface area contributed by atoms with E-state index in [0.717, 1.165) is 0 Å². The number of hydrogen-bond acceptors (Lipinski definition) is 3. The van der Waals surface area contributed by atoms with Crippen molar-refractivity contribution in [3.05, 3.63) is 59.7 Å². The molecule has 0 saturated heterocycles. The minimum Gasteiger partial charge on any atom is -0.496 e. The number of halogens is 2. The van der Waals surface area contributed by atoms with Crippen molar-refractivity contribution in [2.24, 2.45) is 0 Å². The molecule has 0 spiro atoms. The Morgan fingerprint density at radius 2 is 2.15 bits per heavy atom. The molecule has 0 fully saturated rings. The third kappa shape index (κ3) is 2.63. The van der Waals surface area contributed by atoms with Crippen LogP contribution in [0.25, 0.3) is 10.6 Å². The molecule has 0 atom stereocenters. The van der Waals surface area contributed by atoms with Crippen LogP contribution in [-0.4, -0.2) is 12.1 Å². The average molecular weight is 289 g/mol. The van der Waals surface area contributed by atoms with Crippen molar-refractivity contribution in [1.82, 2.24) is 4.98 Å². The second-order valence-electron chi connectivity index (χ2n) is 3.86. The molecule has 3 nitrogen and oxygen atoms in total. The van der Waals surface area contributed by atoms with Gasteiger partial charge in [-0.3, -0.25) is 4.98 Å². The highest BCUT2D eigenvalue weighted by Crippen LogP contribution is 2.36. The molecule has 0 amide bonds. The van der Waals surface area contributed by atoms with E-state index in [4.69, 9.17) is 16.3 Å². The summed E-state index contributed by atoms with van der Waals surface area (Å²) in [6.45, 7) is 0. The van der Waals surface area contributed by atoms with Gasteiger partial charge in [-0.2, -0.15) is 5.26 Å². The Morgan fingerprint density at radius 3 is 2.75 bits per heavy atom. The van der Waals surface area contributed by atoms with E-state index in [2.05, 4.69) is 4.98 Å². The fraction of sp³-hybridized carbons (Fsp3) is 0.0667. The Kier molecular flexibility index (Phi) is 4.34. The second kappa shape index (κ2) is 6.18. The Morgan fingerprint density at radius 1 is 1.35 bits per heavy atom. The van der Waals surface area contributed by atoms with Crippen LogP contribution in [0.2, 0.25) is 0 Å². The van der Waals surface area contributed by atoms with Gasteiger partial charge < -0.3 is 4.74 Å². The minimum absolute atomic E-state index is 0.00421. The summed E-state index contributed by atoms with van der Waals surface area (Å²) < 4.78 is 19.1. The average Bonchev–Trinajstić information content (AvgIpc) is 2.48. The number of rotatable bonds is 3. The van der Waals surface area contributed by atoms with Crippen molar-refractivity contribution in [3.8, 4) is 11.8 Å². The topological polar surface area (TPSA) is 45.9 Å². The summed E-state index contributed by atoms with van der Waals surface area (Å²) in [5.74, 6) is -0.280. The SMILES string of the molecule is COc1cccc(F)c1/C(Cl)=C(/C#N)c1cccnc1. The second-order valence-corrected chi connectivity index (χ2v) is 4.24. The molecule has 0 bridgehead atoms. The first-order chi connectivity index (χ1) is 9.69. The predicted molar refractivity (Wildman–Crippen MR) is 75.5 cm³/mol. The Bertz CT molecular complexity index is 693. The molecule has 20 heavy (non-hydrogen) atoms. The summed E-state index contributed by atoms with van der Waals surface area (Å²) in [6.07, 6.45) is 3.07. The molecule has 1 aromatic heterocycles. The summed E-state index contributed by atoms with van der Waals surface area (Å²) in [5, 5.41) is 9.28. The van der Waals surface area contributed by atoms with Crippen LogP contribution in [0.15, 0.2) is 42.7 Å². The lowest BCUT2D eigenvalue weighted by Crippen LogP contribution is -1.95. The fourth-order valence-electron chi connectivity index (χ4n) is 1.76. The Labute approximate surface area is 120 Å². The van der Waals surface area contributed by atoms with Crippen molar-refractivity contribution in [2.75, 3.05) is 7.11 Å². The predicted octanol–water partition coefficient (Wildman–Crippen LogP) is 3.86. The van der Waals surface area contributed by atoms with Gasteiger partial charge in [-0.05, 0) is 18.2 Å². The van der Waals surface area contributed by atoms with Gasteiger partial charge in [-0.25, -0.2) is 4.39 Å². The van der Waals surface area contributed by atoms with Gasteiger partial charge in [0, 0.05) is 18.0 Å². The number of hydrogen-bond donors (Lipinski definition) is 0. The highest BCUT2D eigenvalue weighted by Gasteiger charge is 2.17. The quantitative estimate of drug-likeness (QED) is 0.806. The van der Waals surface area contributed by atoms with E-state index in [0.29, 0.717) is 5.56 Å². The summed E-state index contributed by atoms with van der Waals surface area (Å²) in [7, 11) is 1.42. The number of ether oxygens (including phenoxy) is 1. The van der Waals surface area contributed by atoms with Gasteiger partial charge in [-0.15, -0.1) is 0 Å². The van der Waals surface area contributed by atoms with Crippen LogP contribution in [0.1, 0.15) is 11.1 Å². The maximum absolute atomic E-state index is 14.0. The van der Waals surface area contributed by atoms with Gasteiger partial charge >= 0.3 is 0 Å². The van der Waals surface area contributed by atoms with Crippen molar-refractivity contribution in [3.63, 3.8) is 0 Å². The first-order valence-corrected chi connectivity index (χ1v) is 6.10. The number of aromatic nitrogens is 1. The monoisotopic (exact) mass is 288 g/mol. The van der Waals surface area contributed by atoms with Gasteiger partial charge in [0.05, 0.1) is 23.3 Å². The maximum atomic E-state index is 14.0. The molecule has 0 aliphatic heterocycles. The Balaban J connectivity index is 2.68. The van der Waals surface area contributed by atoms with E-state index in [1.807, 2.05) is 6.07 Å². The molecule has 0 aliphatic rings. The molecule has 100 valence electrons. The number of methoxy groups -OCH3 is 1. The number of nitrogens with zero attached hydrogens (tertiary/aromatic N) is 2. The molecule has 0 N–H and O–H groups in total. The molecule has 0 aliphatic carbocycles. The van der Waals surface area contributed by atoms with Crippen LogP contribution in [0.4, 0.5) is 4.39 Å². The molecular formula is C15H10ClFN2O.